The van der Waals surface area contributed by atoms with E-state index >= 15 is 0 Å². The predicted molar refractivity (Wildman–Crippen MR) is 79.3 cm³/mol. The molecule has 1 fully saturated rings. The Balaban J connectivity index is 2.11. The van der Waals surface area contributed by atoms with E-state index in [-0.39, 0.29) is 11.9 Å². The lowest BCUT2D eigenvalue weighted by Crippen LogP contribution is -2.36. The van der Waals surface area contributed by atoms with E-state index in [1.165, 1.54) is 0 Å². The molecule has 0 bridgehead atoms. The van der Waals surface area contributed by atoms with Gasteiger partial charge in [0.2, 0.25) is 0 Å². The molecule has 0 radical (unpaired) electrons. The molecule has 1 heterocycles. The highest BCUT2D eigenvalue weighted by molar-refractivity contribution is 5.97. The predicted octanol–water partition coefficient (Wildman–Crippen LogP) is 1.59. The van der Waals surface area contributed by atoms with Crippen molar-refractivity contribution in [2.45, 2.75) is 32.0 Å². The number of rotatable bonds is 5. The van der Waals surface area contributed by atoms with E-state index < -0.39 is 0 Å². The fraction of sp³-hybridized carbons (Fsp3) is 0.533. The fourth-order valence-corrected chi connectivity index (χ4v) is 2.76. The summed E-state index contributed by atoms with van der Waals surface area (Å²) in [5, 5.41) is 7.52. The SMILES string of the molecule is COc1cc(CN(C)C2CCOC2C)ccc1C(=N)N. The lowest BCUT2D eigenvalue weighted by molar-refractivity contribution is 0.0814. The molecule has 5 heteroatoms. The van der Waals surface area contributed by atoms with Crippen LogP contribution in [0.5, 0.6) is 5.75 Å². The van der Waals surface area contributed by atoms with Gasteiger partial charge in [-0.2, -0.15) is 0 Å². The third-order valence-electron chi connectivity index (χ3n) is 3.89. The van der Waals surface area contributed by atoms with Crippen molar-refractivity contribution in [1.29, 1.82) is 5.41 Å². The van der Waals surface area contributed by atoms with Crippen LogP contribution in [0.1, 0.15) is 24.5 Å². The van der Waals surface area contributed by atoms with Crippen LogP contribution in [-0.4, -0.2) is 43.6 Å². The maximum absolute atomic E-state index is 7.52. The summed E-state index contributed by atoms with van der Waals surface area (Å²) in [6.07, 6.45) is 1.35. The van der Waals surface area contributed by atoms with Gasteiger partial charge in [0.25, 0.3) is 0 Å². The number of nitrogens with two attached hydrogens (primary N) is 1. The number of ether oxygens (including phenoxy) is 2. The van der Waals surface area contributed by atoms with Crippen LogP contribution in [0.3, 0.4) is 0 Å². The molecule has 1 aliphatic rings. The zero-order valence-corrected chi connectivity index (χ0v) is 12.3. The van der Waals surface area contributed by atoms with Crippen LogP contribution in [0.25, 0.3) is 0 Å². The number of likely N-dealkylation sites (N-methyl/N-ethyl adjacent to an activating group) is 1. The van der Waals surface area contributed by atoms with Crippen molar-refractivity contribution >= 4 is 5.84 Å². The summed E-state index contributed by atoms with van der Waals surface area (Å²) in [6, 6.07) is 6.25. The zero-order chi connectivity index (χ0) is 14.7. The van der Waals surface area contributed by atoms with E-state index in [1.54, 1.807) is 7.11 Å². The van der Waals surface area contributed by atoms with Gasteiger partial charge in [0, 0.05) is 19.2 Å². The number of nitrogens with zero attached hydrogens (tertiary/aromatic N) is 1. The first-order chi connectivity index (χ1) is 9.52. The molecule has 1 aliphatic heterocycles. The lowest BCUT2D eigenvalue weighted by Gasteiger charge is -2.26. The molecule has 20 heavy (non-hydrogen) atoms. The van der Waals surface area contributed by atoms with E-state index in [2.05, 4.69) is 18.9 Å². The van der Waals surface area contributed by atoms with Gasteiger partial charge >= 0.3 is 0 Å². The maximum Gasteiger partial charge on any atom is 0.130 e. The van der Waals surface area contributed by atoms with E-state index in [0.29, 0.717) is 17.4 Å². The minimum absolute atomic E-state index is 0.0274. The van der Waals surface area contributed by atoms with Crippen LogP contribution in [0, 0.1) is 5.41 Å². The quantitative estimate of drug-likeness (QED) is 0.633. The second kappa shape index (κ2) is 6.24. The van der Waals surface area contributed by atoms with Crippen molar-refractivity contribution in [2.24, 2.45) is 5.73 Å². The summed E-state index contributed by atoms with van der Waals surface area (Å²) in [7, 11) is 3.71. The first-order valence-electron chi connectivity index (χ1n) is 6.86. The maximum atomic E-state index is 7.52. The van der Waals surface area contributed by atoms with Crippen molar-refractivity contribution in [1.82, 2.24) is 4.90 Å². The van der Waals surface area contributed by atoms with Gasteiger partial charge < -0.3 is 15.2 Å². The second-order valence-corrected chi connectivity index (χ2v) is 5.30. The summed E-state index contributed by atoms with van der Waals surface area (Å²) >= 11 is 0. The Bertz CT molecular complexity index is 490. The molecule has 1 aromatic rings. The van der Waals surface area contributed by atoms with Crippen LogP contribution in [0.15, 0.2) is 18.2 Å². The molecule has 3 N–H and O–H groups in total. The minimum Gasteiger partial charge on any atom is -0.496 e. The highest BCUT2D eigenvalue weighted by Gasteiger charge is 2.27. The van der Waals surface area contributed by atoms with Crippen LogP contribution in [0.2, 0.25) is 0 Å². The van der Waals surface area contributed by atoms with Crippen LogP contribution >= 0.6 is 0 Å². The molecule has 0 saturated carbocycles. The zero-order valence-electron chi connectivity index (χ0n) is 12.3. The molecule has 1 aromatic carbocycles. The van der Waals surface area contributed by atoms with Gasteiger partial charge in [0.05, 0.1) is 18.8 Å². The van der Waals surface area contributed by atoms with Crippen molar-refractivity contribution in [2.75, 3.05) is 20.8 Å². The first-order valence-corrected chi connectivity index (χ1v) is 6.86. The highest BCUT2D eigenvalue weighted by Crippen LogP contribution is 2.23. The molecule has 5 nitrogen and oxygen atoms in total. The molecule has 0 spiro atoms. The summed E-state index contributed by atoms with van der Waals surface area (Å²) < 4.78 is 10.9. The Labute approximate surface area is 120 Å². The largest absolute Gasteiger partial charge is 0.496 e. The number of amidine groups is 1. The van der Waals surface area contributed by atoms with E-state index in [4.69, 9.17) is 20.6 Å². The Morgan fingerprint density at radius 3 is 2.85 bits per heavy atom. The molecule has 1 saturated heterocycles. The van der Waals surface area contributed by atoms with E-state index in [9.17, 15) is 0 Å². The lowest BCUT2D eigenvalue weighted by atomic mass is 10.1. The van der Waals surface area contributed by atoms with Crippen molar-refractivity contribution in [3.63, 3.8) is 0 Å². The molecule has 2 unspecified atom stereocenters. The molecule has 110 valence electrons. The molecule has 2 rings (SSSR count). The fourth-order valence-electron chi connectivity index (χ4n) is 2.76. The van der Waals surface area contributed by atoms with Crippen molar-refractivity contribution in [3.05, 3.63) is 29.3 Å². The van der Waals surface area contributed by atoms with Gasteiger partial charge in [-0.15, -0.1) is 0 Å². The topological polar surface area (TPSA) is 71.6 Å². The average molecular weight is 277 g/mol. The summed E-state index contributed by atoms with van der Waals surface area (Å²) in [5.74, 6) is 0.679. The van der Waals surface area contributed by atoms with Gasteiger partial charge in [0.1, 0.15) is 11.6 Å². The van der Waals surface area contributed by atoms with E-state index in [1.807, 2.05) is 18.2 Å². The van der Waals surface area contributed by atoms with Gasteiger partial charge in [-0.3, -0.25) is 10.3 Å². The number of hydrogen-bond donors (Lipinski definition) is 2. The monoisotopic (exact) mass is 277 g/mol. The smallest absolute Gasteiger partial charge is 0.130 e. The van der Waals surface area contributed by atoms with E-state index in [0.717, 1.165) is 25.1 Å². The molecule has 0 amide bonds. The average Bonchev–Trinajstić information content (AvgIpc) is 2.84. The van der Waals surface area contributed by atoms with Crippen LogP contribution in [0.4, 0.5) is 0 Å². The number of nitrogen functional groups attached to an aromatic ring is 1. The van der Waals surface area contributed by atoms with Gasteiger partial charge in [-0.25, -0.2) is 0 Å². The van der Waals surface area contributed by atoms with Crippen molar-refractivity contribution in [3.8, 4) is 5.75 Å². The van der Waals surface area contributed by atoms with Gasteiger partial charge in [-0.1, -0.05) is 6.07 Å². The minimum atomic E-state index is 0.0274. The van der Waals surface area contributed by atoms with Crippen LogP contribution < -0.4 is 10.5 Å². The normalized spacial score (nSPS) is 22.2. The number of methoxy groups -OCH3 is 1. The summed E-state index contributed by atoms with van der Waals surface area (Å²) in [4.78, 5) is 2.31. The number of nitrogens with one attached hydrogen (secondary N) is 1. The van der Waals surface area contributed by atoms with Crippen LogP contribution in [-0.2, 0) is 11.3 Å². The Hall–Kier alpha value is -1.59. The standard InChI is InChI=1S/C15H23N3O2/c1-10-13(6-7-20-10)18(2)9-11-4-5-12(15(16)17)14(8-11)19-3/h4-5,8,10,13H,6-7,9H2,1-3H3,(H3,16,17). The van der Waals surface area contributed by atoms with Crippen molar-refractivity contribution < 1.29 is 9.47 Å². The second-order valence-electron chi connectivity index (χ2n) is 5.30. The molecular formula is C15H23N3O2. The Kier molecular flexibility index (Phi) is 4.62. The third-order valence-corrected chi connectivity index (χ3v) is 3.89. The van der Waals surface area contributed by atoms with Gasteiger partial charge in [-0.05, 0) is 38.1 Å². The molecule has 2 atom stereocenters. The molecule has 0 aromatic heterocycles. The summed E-state index contributed by atoms with van der Waals surface area (Å²) in [6.45, 7) is 3.78. The number of benzene rings is 1. The highest BCUT2D eigenvalue weighted by atomic mass is 16.5. The molecule has 0 aliphatic carbocycles. The number of hydrogen-bond acceptors (Lipinski definition) is 4. The summed E-state index contributed by atoms with van der Waals surface area (Å²) in [5.41, 5.74) is 7.32. The Morgan fingerprint density at radius 1 is 1.55 bits per heavy atom. The van der Waals surface area contributed by atoms with Gasteiger partial charge in [0.15, 0.2) is 0 Å². The Morgan fingerprint density at radius 2 is 2.30 bits per heavy atom. The molecular weight excluding hydrogens is 254 g/mol. The first kappa shape index (κ1) is 14.8. The third kappa shape index (κ3) is 3.11.